The summed E-state index contributed by atoms with van der Waals surface area (Å²) in [5, 5.41) is 22.7. The number of phenols is 1. The minimum absolute atomic E-state index is 0.154. The third-order valence-corrected chi connectivity index (χ3v) is 8.18. The number of nitrogens with zero attached hydrogens (tertiary/aromatic N) is 1. The van der Waals surface area contributed by atoms with E-state index < -0.39 is 16.1 Å². The van der Waals surface area contributed by atoms with Gasteiger partial charge in [-0.3, -0.25) is 0 Å². The third-order valence-electron chi connectivity index (χ3n) is 5.69. The van der Waals surface area contributed by atoms with Crippen molar-refractivity contribution in [2.45, 2.75) is 37.2 Å². The number of piperidine rings is 1. The van der Waals surface area contributed by atoms with E-state index in [4.69, 9.17) is 4.74 Å². The van der Waals surface area contributed by atoms with Gasteiger partial charge >= 0.3 is 0 Å². The molecule has 32 heavy (non-hydrogen) atoms. The first-order valence-electron chi connectivity index (χ1n) is 10.9. The lowest BCUT2D eigenvalue weighted by molar-refractivity contribution is 0.104. The van der Waals surface area contributed by atoms with Gasteiger partial charge in [0.25, 0.3) is 0 Å². The topological polar surface area (TPSA) is 99.1 Å². The van der Waals surface area contributed by atoms with Crippen molar-refractivity contribution in [3.63, 3.8) is 0 Å². The van der Waals surface area contributed by atoms with Crippen LogP contribution in [0.5, 0.6) is 11.5 Å². The Balaban J connectivity index is 1.41. The predicted octanol–water partition coefficient (Wildman–Crippen LogP) is 3.15. The summed E-state index contributed by atoms with van der Waals surface area (Å²) in [5.74, 6) is 1.12. The molecule has 9 heteroatoms. The number of hydrogen-bond acceptors (Lipinski definition) is 6. The molecule has 1 aliphatic heterocycles. The third kappa shape index (κ3) is 6.68. The quantitative estimate of drug-likeness (QED) is 0.439. The van der Waals surface area contributed by atoms with Gasteiger partial charge in [-0.2, -0.15) is 4.31 Å². The summed E-state index contributed by atoms with van der Waals surface area (Å²) in [7, 11) is -3.50. The molecule has 1 aliphatic rings. The number of phenolic OH excluding ortho intramolecular Hbond substituents is 1. The Morgan fingerprint density at radius 3 is 2.53 bits per heavy atom. The molecule has 0 aromatic heterocycles. The van der Waals surface area contributed by atoms with Gasteiger partial charge in [-0.25, -0.2) is 8.42 Å². The molecule has 0 unspecified atom stereocenters. The zero-order valence-corrected chi connectivity index (χ0v) is 20.6. The van der Waals surface area contributed by atoms with Crippen LogP contribution in [-0.2, 0) is 16.4 Å². The van der Waals surface area contributed by atoms with E-state index >= 15 is 0 Å². The number of hydrogen-bond donors (Lipinski definition) is 3. The van der Waals surface area contributed by atoms with Gasteiger partial charge in [-0.05, 0) is 79.8 Å². The predicted molar refractivity (Wildman–Crippen MR) is 127 cm³/mol. The normalized spacial score (nSPS) is 16.7. The molecule has 0 amide bonds. The Hall–Kier alpha value is -1.65. The molecule has 2 aromatic carbocycles. The number of aliphatic hydroxyl groups excluding tert-OH is 1. The molecule has 2 aromatic rings. The fraction of sp³-hybridized carbons (Fsp3) is 0.478. The maximum atomic E-state index is 13.1. The first-order valence-corrected chi connectivity index (χ1v) is 13.1. The molecule has 3 N–H and O–H groups in total. The van der Waals surface area contributed by atoms with E-state index in [9.17, 15) is 18.6 Å². The summed E-state index contributed by atoms with van der Waals surface area (Å²) in [4.78, 5) is 0.400. The Morgan fingerprint density at radius 2 is 1.88 bits per heavy atom. The fourth-order valence-electron chi connectivity index (χ4n) is 3.82. The molecule has 0 bridgehead atoms. The Bertz CT molecular complexity index is 976. The van der Waals surface area contributed by atoms with Crippen LogP contribution in [0.15, 0.2) is 51.8 Å². The van der Waals surface area contributed by atoms with E-state index in [-0.39, 0.29) is 12.4 Å². The fourth-order valence-corrected chi connectivity index (χ4v) is 5.97. The van der Waals surface area contributed by atoms with Crippen LogP contribution < -0.4 is 10.1 Å². The second kappa shape index (κ2) is 11.5. The first kappa shape index (κ1) is 25.0. The molecular formula is C23H31BrN2O5S. The monoisotopic (exact) mass is 526 g/mol. The largest absolute Gasteiger partial charge is 0.508 e. The summed E-state index contributed by atoms with van der Waals surface area (Å²) >= 11 is 3.42. The molecule has 0 aliphatic carbocycles. The lowest BCUT2D eigenvalue weighted by Gasteiger charge is -2.32. The standard InChI is InChI=1S/C23H31BrN2O5S/c1-2-18-13-19(24)3-8-23(18)32(29,30)26-11-9-17(10-12-26)14-25-15-21(28)16-31-22-6-4-20(27)5-7-22/h3-8,13,17,21,25,27-28H,2,9-12,14-16H2,1H3/t21-/m1/s1. The number of benzene rings is 2. The van der Waals surface area contributed by atoms with Crippen molar-refractivity contribution in [2.24, 2.45) is 5.92 Å². The van der Waals surface area contributed by atoms with Crippen LogP contribution in [0.25, 0.3) is 0 Å². The summed E-state index contributed by atoms with van der Waals surface area (Å²) < 4.78 is 34.2. The van der Waals surface area contributed by atoms with Gasteiger partial charge in [0, 0.05) is 24.1 Å². The van der Waals surface area contributed by atoms with Crippen LogP contribution in [-0.4, -0.2) is 61.8 Å². The minimum atomic E-state index is -3.50. The smallest absolute Gasteiger partial charge is 0.243 e. The zero-order valence-electron chi connectivity index (χ0n) is 18.2. The number of aromatic hydroxyl groups is 1. The Kier molecular flexibility index (Phi) is 8.95. The number of aryl methyl sites for hydroxylation is 1. The maximum absolute atomic E-state index is 13.1. The molecule has 3 rings (SSSR count). The summed E-state index contributed by atoms with van der Waals surface area (Å²) in [6.07, 6.45) is 1.57. The van der Waals surface area contributed by atoms with Crippen LogP contribution in [0.4, 0.5) is 0 Å². The molecule has 176 valence electrons. The maximum Gasteiger partial charge on any atom is 0.243 e. The first-order chi connectivity index (χ1) is 15.3. The molecule has 0 spiro atoms. The van der Waals surface area contributed by atoms with Crippen LogP contribution in [0.2, 0.25) is 0 Å². The van der Waals surface area contributed by atoms with Gasteiger partial charge in [0.1, 0.15) is 24.2 Å². The second-order valence-corrected chi connectivity index (χ2v) is 10.9. The summed E-state index contributed by atoms with van der Waals surface area (Å²) in [5.41, 5.74) is 0.826. The number of ether oxygens (including phenoxy) is 1. The number of rotatable bonds is 10. The van der Waals surface area contributed by atoms with Crippen LogP contribution in [0.1, 0.15) is 25.3 Å². The van der Waals surface area contributed by atoms with Crippen LogP contribution in [0.3, 0.4) is 0 Å². The van der Waals surface area contributed by atoms with Crippen molar-refractivity contribution in [1.29, 1.82) is 0 Å². The molecule has 7 nitrogen and oxygen atoms in total. The highest BCUT2D eigenvalue weighted by molar-refractivity contribution is 9.10. The van der Waals surface area contributed by atoms with Gasteiger partial charge < -0.3 is 20.3 Å². The van der Waals surface area contributed by atoms with Gasteiger partial charge in [-0.15, -0.1) is 0 Å². The van der Waals surface area contributed by atoms with Gasteiger partial charge in [0.05, 0.1) is 4.90 Å². The number of sulfonamides is 1. The average molecular weight is 527 g/mol. The van der Waals surface area contributed by atoms with E-state index in [1.54, 1.807) is 28.6 Å². The van der Waals surface area contributed by atoms with Gasteiger partial charge in [0.15, 0.2) is 0 Å². The SMILES string of the molecule is CCc1cc(Br)ccc1S(=O)(=O)N1CCC(CNC[C@@H](O)COc2ccc(O)cc2)CC1. The second-order valence-electron chi connectivity index (χ2n) is 8.07. The van der Waals surface area contributed by atoms with E-state index in [0.717, 1.165) is 29.4 Å². The molecule has 1 atom stereocenters. The summed E-state index contributed by atoms with van der Waals surface area (Å²) in [6.45, 7) is 4.24. The van der Waals surface area contributed by atoms with E-state index in [1.807, 2.05) is 13.0 Å². The highest BCUT2D eigenvalue weighted by Gasteiger charge is 2.30. The van der Waals surface area contributed by atoms with Crippen LogP contribution in [0, 0.1) is 5.92 Å². The molecular weight excluding hydrogens is 496 g/mol. The lowest BCUT2D eigenvalue weighted by atomic mass is 9.98. The summed E-state index contributed by atoms with van der Waals surface area (Å²) in [6, 6.07) is 11.7. The van der Waals surface area contributed by atoms with Crippen molar-refractivity contribution < 1.29 is 23.4 Å². The highest BCUT2D eigenvalue weighted by atomic mass is 79.9. The number of aliphatic hydroxyl groups is 1. The Labute approximate surface area is 198 Å². The average Bonchev–Trinajstić information content (AvgIpc) is 2.78. The molecule has 1 fully saturated rings. The lowest BCUT2D eigenvalue weighted by Crippen LogP contribution is -2.42. The Morgan fingerprint density at radius 1 is 1.19 bits per heavy atom. The molecule has 0 saturated carbocycles. The van der Waals surface area contributed by atoms with Gasteiger partial charge in [0.2, 0.25) is 10.0 Å². The van der Waals surface area contributed by atoms with Crippen molar-refractivity contribution >= 4 is 26.0 Å². The zero-order chi connectivity index (χ0) is 23.1. The number of nitrogens with one attached hydrogen (secondary N) is 1. The molecule has 1 heterocycles. The molecule has 0 radical (unpaired) electrons. The highest BCUT2D eigenvalue weighted by Crippen LogP contribution is 2.28. The van der Waals surface area contributed by atoms with E-state index in [0.29, 0.717) is 42.6 Å². The van der Waals surface area contributed by atoms with Crippen LogP contribution >= 0.6 is 15.9 Å². The van der Waals surface area contributed by atoms with Crippen molar-refractivity contribution in [3.8, 4) is 11.5 Å². The van der Waals surface area contributed by atoms with Crippen molar-refractivity contribution in [3.05, 3.63) is 52.5 Å². The van der Waals surface area contributed by atoms with Gasteiger partial charge in [-0.1, -0.05) is 22.9 Å². The minimum Gasteiger partial charge on any atom is -0.508 e. The van der Waals surface area contributed by atoms with Crippen molar-refractivity contribution in [2.75, 3.05) is 32.8 Å². The van der Waals surface area contributed by atoms with E-state index in [2.05, 4.69) is 21.2 Å². The molecule has 1 saturated heterocycles. The van der Waals surface area contributed by atoms with E-state index in [1.165, 1.54) is 12.1 Å². The van der Waals surface area contributed by atoms with Crippen molar-refractivity contribution in [1.82, 2.24) is 9.62 Å². The number of halogens is 1.